The fourth-order valence-corrected chi connectivity index (χ4v) is 3.76. The lowest BCUT2D eigenvalue weighted by atomic mass is 10.1. The highest BCUT2D eigenvalue weighted by Crippen LogP contribution is 2.32. The topological polar surface area (TPSA) is 56.2 Å². The number of para-hydroxylation sites is 1. The minimum atomic E-state index is -0.0311. The van der Waals surface area contributed by atoms with Crippen molar-refractivity contribution in [1.29, 1.82) is 0 Å². The van der Waals surface area contributed by atoms with Crippen LogP contribution in [0.5, 0.6) is 11.6 Å². The number of ether oxygens (including phenoxy) is 1. The lowest BCUT2D eigenvalue weighted by Crippen LogP contribution is -2.13. The molecule has 0 spiro atoms. The third-order valence-electron chi connectivity index (χ3n) is 5.49. The van der Waals surface area contributed by atoms with Gasteiger partial charge >= 0.3 is 0 Å². The number of benzene rings is 3. The van der Waals surface area contributed by atoms with Crippen LogP contribution in [0.2, 0.25) is 0 Å². The lowest BCUT2D eigenvalue weighted by Gasteiger charge is -2.12. The van der Waals surface area contributed by atoms with Crippen LogP contribution in [0.25, 0.3) is 5.69 Å². The van der Waals surface area contributed by atoms with Gasteiger partial charge in [0.25, 0.3) is 0 Å². The second-order valence-electron chi connectivity index (χ2n) is 8.16. The number of amides is 1. The van der Waals surface area contributed by atoms with Gasteiger partial charge in [0.15, 0.2) is 0 Å². The van der Waals surface area contributed by atoms with Gasteiger partial charge in [-0.1, -0.05) is 55.0 Å². The molecule has 4 aromatic rings. The standard InChI is InChI=1S/C28H29N3O2/c1-4-26-25(17-18-27(32)29-22-10-8-9-21(3)19-22)28(33-24-15-13-20(2)14-16-24)31(30-26)23-11-6-5-7-12-23/h5-16,19H,4,17-18H2,1-3H3,(H,29,32). The highest BCUT2D eigenvalue weighted by molar-refractivity contribution is 5.90. The summed E-state index contributed by atoms with van der Waals surface area (Å²) in [5, 5.41) is 7.84. The summed E-state index contributed by atoms with van der Waals surface area (Å²) in [5.74, 6) is 1.37. The lowest BCUT2D eigenvalue weighted by molar-refractivity contribution is -0.116. The molecule has 5 heteroatoms. The quantitative estimate of drug-likeness (QED) is 0.345. The Morgan fingerprint density at radius 2 is 1.70 bits per heavy atom. The van der Waals surface area contributed by atoms with Gasteiger partial charge in [-0.05, 0) is 68.7 Å². The third kappa shape index (κ3) is 5.50. The number of aromatic nitrogens is 2. The van der Waals surface area contributed by atoms with E-state index < -0.39 is 0 Å². The monoisotopic (exact) mass is 439 g/mol. The summed E-state index contributed by atoms with van der Waals surface area (Å²) in [6.07, 6.45) is 1.62. The SMILES string of the molecule is CCc1nn(-c2ccccc2)c(Oc2ccc(C)cc2)c1CCC(=O)Nc1cccc(C)c1. The molecule has 0 aliphatic heterocycles. The van der Waals surface area contributed by atoms with Gasteiger partial charge in [-0.25, -0.2) is 4.68 Å². The van der Waals surface area contributed by atoms with Gasteiger partial charge in [0.2, 0.25) is 11.8 Å². The van der Waals surface area contributed by atoms with E-state index in [-0.39, 0.29) is 5.91 Å². The smallest absolute Gasteiger partial charge is 0.226 e. The van der Waals surface area contributed by atoms with E-state index in [1.807, 2.05) is 97.4 Å². The molecule has 3 aromatic carbocycles. The Morgan fingerprint density at radius 1 is 0.939 bits per heavy atom. The zero-order valence-corrected chi connectivity index (χ0v) is 19.3. The second kappa shape index (κ2) is 10.2. The van der Waals surface area contributed by atoms with Crippen LogP contribution in [0.3, 0.4) is 0 Å². The van der Waals surface area contributed by atoms with Gasteiger partial charge in [0.1, 0.15) is 5.75 Å². The maximum absolute atomic E-state index is 12.7. The number of rotatable bonds is 8. The molecule has 168 valence electrons. The van der Waals surface area contributed by atoms with E-state index in [0.717, 1.165) is 40.4 Å². The van der Waals surface area contributed by atoms with Gasteiger partial charge in [0, 0.05) is 17.7 Å². The summed E-state index contributed by atoms with van der Waals surface area (Å²) in [4.78, 5) is 12.7. The molecule has 1 aromatic heterocycles. The molecule has 0 unspecified atom stereocenters. The van der Waals surface area contributed by atoms with E-state index in [0.29, 0.717) is 18.7 Å². The van der Waals surface area contributed by atoms with E-state index in [9.17, 15) is 4.79 Å². The minimum Gasteiger partial charge on any atom is -0.439 e. The van der Waals surface area contributed by atoms with Crippen LogP contribution < -0.4 is 10.1 Å². The van der Waals surface area contributed by atoms with Gasteiger partial charge in [-0.15, -0.1) is 0 Å². The first-order chi connectivity index (χ1) is 16.0. The predicted molar refractivity (Wildman–Crippen MR) is 132 cm³/mol. The molecule has 0 saturated heterocycles. The fraction of sp³-hybridized carbons (Fsp3) is 0.214. The summed E-state index contributed by atoms with van der Waals surface area (Å²) < 4.78 is 8.21. The number of hydrogen-bond acceptors (Lipinski definition) is 3. The Labute approximate surface area is 195 Å². The van der Waals surface area contributed by atoms with Crippen LogP contribution in [-0.2, 0) is 17.6 Å². The Kier molecular flexibility index (Phi) is 6.89. The van der Waals surface area contributed by atoms with Crippen LogP contribution in [0.4, 0.5) is 5.69 Å². The molecule has 0 saturated carbocycles. The molecule has 5 nitrogen and oxygen atoms in total. The van der Waals surface area contributed by atoms with Gasteiger partial charge in [-0.2, -0.15) is 5.10 Å². The number of nitrogens with zero attached hydrogens (tertiary/aromatic N) is 2. The maximum atomic E-state index is 12.7. The zero-order chi connectivity index (χ0) is 23.2. The molecule has 1 amide bonds. The van der Waals surface area contributed by atoms with Crippen molar-refractivity contribution < 1.29 is 9.53 Å². The van der Waals surface area contributed by atoms with E-state index in [1.54, 1.807) is 0 Å². The fourth-order valence-electron chi connectivity index (χ4n) is 3.76. The molecule has 0 aliphatic rings. The third-order valence-corrected chi connectivity index (χ3v) is 5.49. The van der Waals surface area contributed by atoms with E-state index in [1.165, 1.54) is 5.56 Å². The number of nitrogens with one attached hydrogen (secondary N) is 1. The summed E-state index contributed by atoms with van der Waals surface area (Å²) in [6.45, 7) is 6.13. The molecular weight excluding hydrogens is 410 g/mol. The zero-order valence-electron chi connectivity index (χ0n) is 19.3. The van der Waals surface area contributed by atoms with Crippen molar-refractivity contribution in [2.75, 3.05) is 5.32 Å². The van der Waals surface area contributed by atoms with E-state index in [2.05, 4.69) is 12.2 Å². The Hall–Kier alpha value is -3.86. The maximum Gasteiger partial charge on any atom is 0.226 e. The molecule has 0 aliphatic carbocycles. The molecule has 33 heavy (non-hydrogen) atoms. The first kappa shape index (κ1) is 22.3. The highest BCUT2D eigenvalue weighted by Gasteiger charge is 2.21. The molecule has 4 rings (SSSR count). The summed E-state index contributed by atoms with van der Waals surface area (Å²) in [5.41, 5.74) is 5.91. The van der Waals surface area contributed by atoms with Crippen molar-refractivity contribution in [3.05, 3.63) is 101 Å². The van der Waals surface area contributed by atoms with Crippen molar-refractivity contribution in [1.82, 2.24) is 9.78 Å². The predicted octanol–water partition coefficient (Wildman–Crippen LogP) is 6.42. The van der Waals surface area contributed by atoms with Crippen LogP contribution in [0.15, 0.2) is 78.9 Å². The minimum absolute atomic E-state index is 0.0311. The molecule has 1 heterocycles. The normalized spacial score (nSPS) is 10.8. The first-order valence-corrected chi connectivity index (χ1v) is 11.3. The van der Waals surface area contributed by atoms with Crippen molar-refractivity contribution in [2.45, 2.75) is 40.0 Å². The van der Waals surface area contributed by atoms with Gasteiger partial charge < -0.3 is 10.1 Å². The Balaban J connectivity index is 1.63. The Morgan fingerprint density at radius 3 is 2.39 bits per heavy atom. The molecule has 1 N–H and O–H groups in total. The molecule has 0 bridgehead atoms. The number of carbonyl (C=O) groups is 1. The number of anilines is 1. The summed E-state index contributed by atoms with van der Waals surface area (Å²) in [7, 11) is 0. The van der Waals surface area contributed by atoms with Crippen molar-refractivity contribution in [2.24, 2.45) is 0 Å². The average Bonchev–Trinajstić information content (AvgIpc) is 3.17. The van der Waals surface area contributed by atoms with Gasteiger partial charge in [-0.3, -0.25) is 4.79 Å². The number of aryl methyl sites for hydroxylation is 3. The largest absolute Gasteiger partial charge is 0.439 e. The molecule has 0 atom stereocenters. The molecule has 0 fully saturated rings. The van der Waals surface area contributed by atoms with E-state index >= 15 is 0 Å². The average molecular weight is 440 g/mol. The second-order valence-corrected chi connectivity index (χ2v) is 8.16. The highest BCUT2D eigenvalue weighted by atomic mass is 16.5. The summed E-state index contributed by atoms with van der Waals surface area (Å²) >= 11 is 0. The van der Waals surface area contributed by atoms with Gasteiger partial charge in [0.05, 0.1) is 11.4 Å². The Bertz CT molecular complexity index is 1230. The van der Waals surface area contributed by atoms with Crippen LogP contribution >= 0.6 is 0 Å². The van der Waals surface area contributed by atoms with Crippen LogP contribution in [-0.4, -0.2) is 15.7 Å². The number of carbonyl (C=O) groups excluding carboxylic acids is 1. The first-order valence-electron chi connectivity index (χ1n) is 11.3. The van der Waals surface area contributed by atoms with Crippen LogP contribution in [0.1, 0.15) is 35.7 Å². The summed E-state index contributed by atoms with van der Waals surface area (Å²) in [6, 6.07) is 25.7. The van der Waals surface area contributed by atoms with Crippen molar-refractivity contribution >= 4 is 11.6 Å². The van der Waals surface area contributed by atoms with Crippen molar-refractivity contribution in [3.63, 3.8) is 0 Å². The van der Waals surface area contributed by atoms with Crippen LogP contribution in [0, 0.1) is 13.8 Å². The van der Waals surface area contributed by atoms with Crippen molar-refractivity contribution in [3.8, 4) is 17.3 Å². The molecular formula is C28H29N3O2. The van der Waals surface area contributed by atoms with E-state index in [4.69, 9.17) is 9.84 Å². The molecule has 0 radical (unpaired) electrons. The number of hydrogen-bond donors (Lipinski definition) is 1.